The highest BCUT2D eigenvalue weighted by Crippen LogP contribution is 2.18. The molecule has 0 radical (unpaired) electrons. The van der Waals surface area contributed by atoms with Gasteiger partial charge in [-0.3, -0.25) is 4.79 Å². The summed E-state index contributed by atoms with van der Waals surface area (Å²) in [7, 11) is 0. The molecule has 1 amide bonds. The van der Waals surface area contributed by atoms with Crippen molar-refractivity contribution in [3.63, 3.8) is 0 Å². The SMILES string of the molecule is CC(C)(C)C(O)CNC(=O)c1ccc(-n2ccnn2)cc1. The number of aliphatic hydroxyl groups is 1. The van der Waals surface area contributed by atoms with Crippen LogP contribution in [0.25, 0.3) is 5.69 Å². The number of rotatable bonds is 4. The van der Waals surface area contributed by atoms with Crippen LogP contribution in [0, 0.1) is 5.41 Å². The average Bonchev–Trinajstić information content (AvgIpc) is 2.97. The van der Waals surface area contributed by atoms with Gasteiger partial charge in [-0.2, -0.15) is 0 Å². The van der Waals surface area contributed by atoms with E-state index >= 15 is 0 Å². The highest BCUT2D eigenvalue weighted by atomic mass is 16.3. The monoisotopic (exact) mass is 288 g/mol. The summed E-state index contributed by atoms with van der Waals surface area (Å²) in [6, 6.07) is 7.03. The van der Waals surface area contributed by atoms with E-state index in [1.807, 2.05) is 20.8 Å². The summed E-state index contributed by atoms with van der Waals surface area (Å²) >= 11 is 0. The van der Waals surface area contributed by atoms with Gasteiger partial charge in [0.15, 0.2) is 0 Å². The molecule has 6 nitrogen and oxygen atoms in total. The Hall–Kier alpha value is -2.21. The normalized spacial score (nSPS) is 13.0. The predicted molar refractivity (Wildman–Crippen MR) is 79.2 cm³/mol. The smallest absolute Gasteiger partial charge is 0.251 e. The zero-order valence-electron chi connectivity index (χ0n) is 12.4. The Labute approximate surface area is 123 Å². The van der Waals surface area contributed by atoms with Crippen molar-refractivity contribution in [2.75, 3.05) is 6.54 Å². The predicted octanol–water partition coefficient (Wildman–Crippen LogP) is 1.40. The van der Waals surface area contributed by atoms with Crippen molar-refractivity contribution in [1.29, 1.82) is 0 Å². The quantitative estimate of drug-likeness (QED) is 0.891. The lowest BCUT2D eigenvalue weighted by Gasteiger charge is -2.25. The molecule has 2 aromatic rings. The second-order valence-electron chi connectivity index (χ2n) is 5.99. The van der Waals surface area contributed by atoms with Gasteiger partial charge in [0.2, 0.25) is 0 Å². The van der Waals surface area contributed by atoms with Crippen LogP contribution in [0.4, 0.5) is 0 Å². The molecule has 1 aromatic carbocycles. The third-order valence-electron chi connectivity index (χ3n) is 3.27. The van der Waals surface area contributed by atoms with Gasteiger partial charge in [0.25, 0.3) is 5.91 Å². The minimum Gasteiger partial charge on any atom is -0.391 e. The van der Waals surface area contributed by atoms with E-state index in [1.54, 1.807) is 41.3 Å². The van der Waals surface area contributed by atoms with E-state index in [0.717, 1.165) is 5.69 Å². The molecule has 0 saturated carbocycles. The van der Waals surface area contributed by atoms with Gasteiger partial charge in [0.05, 0.1) is 24.2 Å². The van der Waals surface area contributed by atoms with Crippen LogP contribution in [0.15, 0.2) is 36.7 Å². The summed E-state index contributed by atoms with van der Waals surface area (Å²) in [6.07, 6.45) is 2.74. The van der Waals surface area contributed by atoms with Gasteiger partial charge < -0.3 is 10.4 Å². The van der Waals surface area contributed by atoms with E-state index in [9.17, 15) is 9.90 Å². The molecule has 21 heavy (non-hydrogen) atoms. The lowest BCUT2D eigenvalue weighted by Crippen LogP contribution is -2.39. The molecule has 0 aliphatic carbocycles. The Morgan fingerprint density at radius 1 is 1.33 bits per heavy atom. The maximum atomic E-state index is 12.0. The molecule has 112 valence electrons. The maximum Gasteiger partial charge on any atom is 0.251 e. The number of carbonyl (C=O) groups is 1. The number of carbonyl (C=O) groups excluding carboxylic acids is 1. The summed E-state index contributed by atoms with van der Waals surface area (Å²) in [5.74, 6) is -0.205. The third kappa shape index (κ3) is 3.88. The summed E-state index contributed by atoms with van der Waals surface area (Å²) < 4.78 is 1.62. The van der Waals surface area contributed by atoms with Crippen LogP contribution >= 0.6 is 0 Å². The molecule has 1 heterocycles. The van der Waals surface area contributed by atoms with Crippen LogP contribution in [0.1, 0.15) is 31.1 Å². The fourth-order valence-corrected chi connectivity index (χ4v) is 1.71. The van der Waals surface area contributed by atoms with E-state index in [0.29, 0.717) is 5.56 Å². The van der Waals surface area contributed by atoms with E-state index in [2.05, 4.69) is 15.6 Å². The zero-order chi connectivity index (χ0) is 15.5. The van der Waals surface area contributed by atoms with Gasteiger partial charge >= 0.3 is 0 Å². The number of nitrogens with zero attached hydrogens (tertiary/aromatic N) is 3. The van der Waals surface area contributed by atoms with Crippen molar-refractivity contribution in [3.05, 3.63) is 42.2 Å². The Kier molecular flexibility index (Phi) is 4.37. The van der Waals surface area contributed by atoms with E-state index in [1.165, 1.54) is 0 Å². The number of hydrogen-bond donors (Lipinski definition) is 2. The zero-order valence-corrected chi connectivity index (χ0v) is 12.4. The molecule has 1 unspecified atom stereocenters. The first-order valence-corrected chi connectivity index (χ1v) is 6.81. The summed E-state index contributed by atoms with van der Waals surface area (Å²) in [4.78, 5) is 12.0. The Morgan fingerprint density at radius 3 is 2.52 bits per heavy atom. The number of nitrogens with one attached hydrogen (secondary N) is 1. The number of benzene rings is 1. The van der Waals surface area contributed by atoms with Crippen molar-refractivity contribution in [2.24, 2.45) is 5.41 Å². The first-order valence-electron chi connectivity index (χ1n) is 6.81. The molecule has 2 N–H and O–H groups in total. The molecule has 1 aromatic heterocycles. The molecule has 0 saturated heterocycles. The number of hydrogen-bond acceptors (Lipinski definition) is 4. The van der Waals surface area contributed by atoms with Crippen LogP contribution in [-0.2, 0) is 0 Å². The second kappa shape index (κ2) is 6.05. The lowest BCUT2D eigenvalue weighted by atomic mass is 9.89. The summed E-state index contributed by atoms with van der Waals surface area (Å²) in [6.45, 7) is 6.01. The fraction of sp³-hybridized carbons (Fsp3) is 0.400. The summed E-state index contributed by atoms with van der Waals surface area (Å²) in [5.41, 5.74) is 1.11. The molecule has 0 aliphatic rings. The topological polar surface area (TPSA) is 80.0 Å². The third-order valence-corrected chi connectivity index (χ3v) is 3.27. The van der Waals surface area contributed by atoms with Crippen LogP contribution in [0.2, 0.25) is 0 Å². The van der Waals surface area contributed by atoms with Gasteiger partial charge in [0.1, 0.15) is 0 Å². The van der Waals surface area contributed by atoms with Gasteiger partial charge in [-0.1, -0.05) is 26.0 Å². The van der Waals surface area contributed by atoms with Crippen LogP contribution in [0.5, 0.6) is 0 Å². The van der Waals surface area contributed by atoms with Crippen molar-refractivity contribution < 1.29 is 9.90 Å². The molecule has 2 rings (SSSR count). The number of aromatic nitrogens is 3. The van der Waals surface area contributed by atoms with Crippen LogP contribution in [0.3, 0.4) is 0 Å². The van der Waals surface area contributed by atoms with E-state index in [-0.39, 0.29) is 17.9 Å². The summed E-state index contributed by atoms with van der Waals surface area (Å²) in [5, 5.41) is 20.3. The van der Waals surface area contributed by atoms with Gasteiger partial charge in [-0.15, -0.1) is 5.10 Å². The van der Waals surface area contributed by atoms with E-state index in [4.69, 9.17) is 0 Å². The first-order chi connectivity index (χ1) is 9.88. The fourth-order valence-electron chi connectivity index (χ4n) is 1.71. The van der Waals surface area contributed by atoms with Crippen molar-refractivity contribution in [1.82, 2.24) is 20.3 Å². The molecule has 6 heteroatoms. The largest absolute Gasteiger partial charge is 0.391 e. The minimum atomic E-state index is -0.587. The molecular weight excluding hydrogens is 268 g/mol. The van der Waals surface area contributed by atoms with Gasteiger partial charge in [-0.05, 0) is 29.7 Å². The van der Waals surface area contributed by atoms with Crippen LogP contribution in [-0.4, -0.2) is 38.7 Å². The average molecular weight is 288 g/mol. The number of amides is 1. The molecule has 1 atom stereocenters. The highest BCUT2D eigenvalue weighted by molar-refractivity contribution is 5.94. The number of aliphatic hydroxyl groups excluding tert-OH is 1. The maximum absolute atomic E-state index is 12.0. The standard InChI is InChI=1S/C15H20N4O2/c1-15(2,3)13(20)10-16-14(21)11-4-6-12(7-5-11)19-9-8-17-18-19/h4-9,13,20H,10H2,1-3H3,(H,16,21). The molecule has 0 aliphatic heterocycles. The van der Waals surface area contributed by atoms with Gasteiger partial charge in [-0.25, -0.2) is 4.68 Å². The van der Waals surface area contributed by atoms with Crippen molar-refractivity contribution in [3.8, 4) is 5.69 Å². The van der Waals surface area contributed by atoms with Crippen molar-refractivity contribution in [2.45, 2.75) is 26.9 Å². The van der Waals surface area contributed by atoms with E-state index < -0.39 is 6.10 Å². The lowest BCUT2D eigenvalue weighted by molar-refractivity contribution is 0.0587. The second-order valence-corrected chi connectivity index (χ2v) is 5.99. The first kappa shape index (κ1) is 15.2. The van der Waals surface area contributed by atoms with Crippen molar-refractivity contribution >= 4 is 5.91 Å². The van der Waals surface area contributed by atoms with Gasteiger partial charge in [0, 0.05) is 12.1 Å². The Balaban J connectivity index is 1.97. The molecule has 0 bridgehead atoms. The molecule has 0 spiro atoms. The Morgan fingerprint density at radius 2 is 2.00 bits per heavy atom. The minimum absolute atomic E-state index is 0.205. The highest BCUT2D eigenvalue weighted by Gasteiger charge is 2.22. The molecular formula is C15H20N4O2. The Bertz CT molecular complexity index is 585. The van der Waals surface area contributed by atoms with Crippen LogP contribution < -0.4 is 5.32 Å². The molecule has 0 fully saturated rings.